The van der Waals surface area contributed by atoms with Crippen molar-refractivity contribution in [2.45, 2.75) is 26.3 Å². The van der Waals surface area contributed by atoms with Crippen LogP contribution in [0.25, 0.3) is 0 Å². The number of hydrogen-bond donors (Lipinski definition) is 2. The minimum Gasteiger partial charge on any atom is -0.496 e. The zero-order valence-corrected chi connectivity index (χ0v) is 11.7. The highest BCUT2D eigenvalue weighted by molar-refractivity contribution is 5.47. The van der Waals surface area contributed by atoms with E-state index < -0.39 is 0 Å². The molecular weight excluding hydrogens is 228 g/mol. The smallest absolute Gasteiger partial charge is 0.124 e. The van der Waals surface area contributed by atoms with Gasteiger partial charge in [0, 0.05) is 11.6 Å². The van der Waals surface area contributed by atoms with Crippen LogP contribution in [-0.4, -0.2) is 20.8 Å². The summed E-state index contributed by atoms with van der Waals surface area (Å²) in [4.78, 5) is 0. The Morgan fingerprint density at radius 3 is 2.28 bits per heavy atom. The fraction of sp³-hybridized carbons (Fsp3) is 0.571. The first kappa shape index (κ1) is 14.8. The van der Waals surface area contributed by atoms with Crippen molar-refractivity contribution >= 4 is 0 Å². The van der Waals surface area contributed by atoms with E-state index in [0.717, 1.165) is 29.0 Å². The summed E-state index contributed by atoms with van der Waals surface area (Å²) in [6, 6.07) is 3.83. The first-order valence-corrected chi connectivity index (χ1v) is 6.23. The van der Waals surface area contributed by atoms with Gasteiger partial charge in [-0.05, 0) is 43.5 Å². The minimum absolute atomic E-state index is 0.0991. The quantitative estimate of drug-likeness (QED) is 0.812. The van der Waals surface area contributed by atoms with E-state index in [9.17, 15) is 0 Å². The average Bonchev–Trinajstić information content (AvgIpc) is 2.37. The predicted octanol–water partition coefficient (Wildman–Crippen LogP) is 2.00. The third kappa shape index (κ3) is 3.15. The molecule has 1 rings (SSSR count). The van der Waals surface area contributed by atoms with Gasteiger partial charge in [-0.15, -0.1) is 0 Å². The molecule has 2 atom stereocenters. The van der Waals surface area contributed by atoms with Crippen molar-refractivity contribution in [1.29, 1.82) is 0 Å². The number of hydrogen-bond acceptors (Lipinski definition) is 4. The zero-order valence-electron chi connectivity index (χ0n) is 11.7. The lowest BCUT2D eigenvalue weighted by Gasteiger charge is -2.23. The molecular formula is C14H24N2O2. The SMILES string of the molecule is COc1cc(C(N)C(C)CCN)c(OC)cc1C. The molecule has 0 amide bonds. The average molecular weight is 252 g/mol. The van der Waals surface area contributed by atoms with Gasteiger partial charge in [0.25, 0.3) is 0 Å². The molecule has 4 heteroatoms. The van der Waals surface area contributed by atoms with E-state index in [0.29, 0.717) is 12.5 Å². The van der Waals surface area contributed by atoms with E-state index in [4.69, 9.17) is 20.9 Å². The molecule has 0 bridgehead atoms. The molecule has 4 N–H and O–H groups in total. The van der Waals surface area contributed by atoms with E-state index in [1.807, 2.05) is 19.1 Å². The monoisotopic (exact) mass is 252 g/mol. The molecule has 0 saturated heterocycles. The molecule has 0 aromatic heterocycles. The second-order valence-corrected chi connectivity index (χ2v) is 4.64. The molecule has 0 fully saturated rings. The van der Waals surface area contributed by atoms with Gasteiger partial charge in [-0.3, -0.25) is 0 Å². The van der Waals surface area contributed by atoms with Gasteiger partial charge in [0.1, 0.15) is 11.5 Å². The molecule has 0 saturated carbocycles. The first-order valence-electron chi connectivity index (χ1n) is 6.23. The Morgan fingerprint density at radius 1 is 1.17 bits per heavy atom. The van der Waals surface area contributed by atoms with Crippen LogP contribution in [0.4, 0.5) is 0 Å². The highest BCUT2D eigenvalue weighted by Gasteiger charge is 2.20. The maximum absolute atomic E-state index is 6.28. The van der Waals surface area contributed by atoms with Crippen LogP contribution < -0.4 is 20.9 Å². The van der Waals surface area contributed by atoms with E-state index in [1.165, 1.54) is 0 Å². The maximum Gasteiger partial charge on any atom is 0.124 e. The van der Waals surface area contributed by atoms with Crippen molar-refractivity contribution in [3.8, 4) is 11.5 Å². The van der Waals surface area contributed by atoms with Crippen molar-refractivity contribution in [3.63, 3.8) is 0 Å². The Kier molecular flexibility index (Phi) is 5.44. The summed E-state index contributed by atoms with van der Waals surface area (Å²) in [5.41, 5.74) is 13.9. The summed E-state index contributed by atoms with van der Waals surface area (Å²) < 4.78 is 10.7. The zero-order chi connectivity index (χ0) is 13.7. The Labute approximate surface area is 109 Å². The highest BCUT2D eigenvalue weighted by Crippen LogP contribution is 2.34. The fourth-order valence-corrected chi connectivity index (χ4v) is 2.08. The number of nitrogens with two attached hydrogens (primary N) is 2. The van der Waals surface area contributed by atoms with Gasteiger partial charge in [0.05, 0.1) is 14.2 Å². The molecule has 2 unspecified atom stereocenters. The van der Waals surface area contributed by atoms with E-state index in [-0.39, 0.29) is 6.04 Å². The third-order valence-corrected chi connectivity index (χ3v) is 3.34. The molecule has 1 aromatic carbocycles. The van der Waals surface area contributed by atoms with Gasteiger partial charge in [-0.25, -0.2) is 0 Å². The number of aryl methyl sites for hydroxylation is 1. The molecule has 4 nitrogen and oxygen atoms in total. The van der Waals surface area contributed by atoms with Crippen LogP contribution in [0.3, 0.4) is 0 Å². The van der Waals surface area contributed by atoms with Crippen LogP contribution in [0, 0.1) is 12.8 Å². The number of benzene rings is 1. The van der Waals surface area contributed by atoms with Crippen LogP contribution in [0.15, 0.2) is 12.1 Å². The van der Waals surface area contributed by atoms with Crippen LogP contribution in [0.5, 0.6) is 11.5 Å². The number of rotatable bonds is 6. The summed E-state index contributed by atoms with van der Waals surface area (Å²) in [6.07, 6.45) is 0.889. The standard InChI is InChI=1S/C14H24N2O2/c1-9(5-6-15)14(16)11-8-12(17-3)10(2)7-13(11)18-4/h7-9,14H,5-6,15-16H2,1-4H3. The lowest BCUT2D eigenvalue weighted by atomic mass is 9.91. The molecule has 102 valence electrons. The molecule has 1 aromatic rings. The summed E-state index contributed by atoms with van der Waals surface area (Å²) in [5.74, 6) is 1.95. The summed E-state index contributed by atoms with van der Waals surface area (Å²) in [6.45, 7) is 4.73. The van der Waals surface area contributed by atoms with Gasteiger partial charge >= 0.3 is 0 Å². The second-order valence-electron chi connectivity index (χ2n) is 4.64. The molecule has 0 spiro atoms. The molecule has 0 heterocycles. The van der Waals surface area contributed by atoms with Gasteiger partial charge in [0.2, 0.25) is 0 Å². The third-order valence-electron chi connectivity index (χ3n) is 3.34. The minimum atomic E-state index is -0.0991. The summed E-state index contributed by atoms with van der Waals surface area (Å²) in [5, 5.41) is 0. The lowest BCUT2D eigenvalue weighted by Crippen LogP contribution is -2.22. The highest BCUT2D eigenvalue weighted by atomic mass is 16.5. The summed E-state index contributed by atoms with van der Waals surface area (Å²) >= 11 is 0. The molecule has 0 aliphatic carbocycles. The number of ether oxygens (including phenoxy) is 2. The molecule has 0 radical (unpaired) electrons. The second kappa shape index (κ2) is 6.61. The lowest BCUT2D eigenvalue weighted by molar-refractivity contribution is 0.377. The van der Waals surface area contributed by atoms with Crippen molar-refractivity contribution in [2.24, 2.45) is 17.4 Å². The largest absolute Gasteiger partial charge is 0.496 e. The Balaban J connectivity index is 3.12. The predicted molar refractivity (Wildman–Crippen MR) is 74.0 cm³/mol. The van der Waals surface area contributed by atoms with Gasteiger partial charge in [-0.1, -0.05) is 6.92 Å². The van der Waals surface area contributed by atoms with E-state index in [1.54, 1.807) is 14.2 Å². The topological polar surface area (TPSA) is 70.5 Å². The van der Waals surface area contributed by atoms with Gasteiger partial charge in [0.15, 0.2) is 0 Å². The Hall–Kier alpha value is -1.26. The van der Waals surface area contributed by atoms with Crippen LogP contribution in [0.2, 0.25) is 0 Å². The van der Waals surface area contributed by atoms with Crippen molar-refractivity contribution < 1.29 is 9.47 Å². The van der Waals surface area contributed by atoms with E-state index >= 15 is 0 Å². The Morgan fingerprint density at radius 2 is 1.78 bits per heavy atom. The molecule has 18 heavy (non-hydrogen) atoms. The van der Waals surface area contributed by atoms with Gasteiger partial charge in [-0.2, -0.15) is 0 Å². The van der Waals surface area contributed by atoms with Crippen LogP contribution in [0.1, 0.15) is 30.5 Å². The maximum atomic E-state index is 6.28. The summed E-state index contributed by atoms with van der Waals surface area (Å²) in [7, 11) is 3.32. The fourth-order valence-electron chi connectivity index (χ4n) is 2.08. The van der Waals surface area contributed by atoms with Crippen molar-refractivity contribution in [1.82, 2.24) is 0 Å². The van der Waals surface area contributed by atoms with Crippen molar-refractivity contribution in [3.05, 3.63) is 23.3 Å². The van der Waals surface area contributed by atoms with Crippen molar-refractivity contribution in [2.75, 3.05) is 20.8 Å². The number of methoxy groups -OCH3 is 2. The van der Waals surface area contributed by atoms with Gasteiger partial charge < -0.3 is 20.9 Å². The van der Waals surface area contributed by atoms with Crippen LogP contribution >= 0.6 is 0 Å². The van der Waals surface area contributed by atoms with E-state index in [2.05, 4.69) is 6.92 Å². The first-order chi connectivity index (χ1) is 8.54. The van der Waals surface area contributed by atoms with Crippen LogP contribution in [-0.2, 0) is 0 Å². The molecule has 0 aliphatic heterocycles. The normalized spacial score (nSPS) is 14.1. The Bertz CT molecular complexity index is 394. The molecule has 0 aliphatic rings.